The van der Waals surface area contributed by atoms with Crippen molar-refractivity contribution in [3.8, 4) is 18.1 Å². The van der Waals surface area contributed by atoms with Crippen molar-refractivity contribution in [2.75, 3.05) is 6.61 Å². The largest absolute Gasteiger partial charge is 0.530 e. The van der Waals surface area contributed by atoms with Crippen molar-refractivity contribution >= 4 is 20.0 Å². The van der Waals surface area contributed by atoms with E-state index in [1.54, 1.807) is 6.07 Å². The third-order valence-electron chi connectivity index (χ3n) is 6.52. The zero-order valence-electron chi connectivity index (χ0n) is 23.7. The molecule has 4 rings (SSSR count). The molecule has 1 unspecified atom stereocenters. The molecule has 1 aromatic carbocycles. The molecule has 1 fully saturated rings. The fraction of sp³-hybridized carbons (Fsp3) is 0.538. The highest BCUT2D eigenvalue weighted by molar-refractivity contribution is 7.71. The summed E-state index contributed by atoms with van der Waals surface area (Å²) in [5.74, 6) is -1.97. The van der Waals surface area contributed by atoms with Crippen molar-refractivity contribution in [2.24, 2.45) is 0 Å². The molecule has 40 heavy (non-hydrogen) atoms. The van der Waals surface area contributed by atoms with Crippen LogP contribution in [-0.4, -0.2) is 44.4 Å². The Morgan fingerprint density at radius 1 is 1.32 bits per heavy atom. The van der Waals surface area contributed by atoms with E-state index in [0.29, 0.717) is 15.7 Å². The van der Waals surface area contributed by atoms with Crippen molar-refractivity contribution in [3.63, 3.8) is 0 Å². The number of benzene rings is 1. The van der Waals surface area contributed by atoms with Gasteiger partial charge in [-0.3, -0.25) is 23.4 Å². The van der Waals surface area contributed by atoms with Crippen molar-refractivity contribution in [1.29, 1.82) is 0 Å². The van der Waals surface area contributed by atoms with Crippen molar-refractivity contribution in [2.45, 2.75) is 83.2 Å². The van der Waals surface area contributed by atoms with Gasteiger partial charge < -0.3 is 19.5 Å². The molecule has 2 aliphatic rings. The molecule has 10 nitrogen and oxygen atoms in total. The number of alkyl halides is 1. The van der Waals surface area contributed by atoms with Gasteiger partial charge in [0.25, 0.3) is 11.4 Å². The Morgan fingerprint density at radius 2 is 1.95 bits per heavy atom. The third kappa shape index (κ3) is 5.42. The number of ether oxygens (including phenoxy) is 1. The summed E-state index contributed by atoms with van der Waals surface area (Å²) in [5.41, 5.74) is -1.35. The number of nitrogens with zero attached hydrogens (tertiary/aromatic N) is 1. The molecule has 5 atom stereocenters. The lowest BCUT2D eigenvalue weighted by Gasteiger charge is -2.34. The van der Waals surface area contributed by atoms with Crippen molar-refractivity contribution < 1.29 is 43.2 Å². The molecule has 0 amide bonds. The molecule has 2 aliphatic heterocycles. The highest BCUT2D eigenvalue weighted by Gasteiger charge is 2.57. The molecule has 3 heterocycles. The van der Waals surface area contributed by atoms with E-state index in [9.17, 15) is 19.6 Å². The van der Waals surface area contributed by atoms with E-state index < -0.39 is 72.3 Å². The Labute approximate surface area is 236 Å². The Balaban J connectivity index is 1.65. The van der Waals surface area contributed by atoms with Gasteiger partial charge in [0, 0.05) is 11.8 Å². The van der Waals surface area contributed by atoms with Gasteiger partial charge in [-0.25, -0.2) is 13.3 Å². The number of halogens is 2. The van der Waals surface area contributed by atoms with Crippen LogP contribution in [0.5, 0.6) is 5.75 Å². The molecule has 3 N–H and O–H groups in total. The van der Waals surface area contributed by atoms with E-state index in [1.807, 2.05) is 41.5 Å². The smallest absolute Gasteiger partial charge is 0.403 e. The minimum atomic E-state index is -4.64. The number of aromatic nitrogens is 2. The van der Waals surface area contributed by atoms with Gasteiger partial charge in [0.15, 0.2) is 11.0 Å². The molecule has 218 valence electrons. The number of H-pyrrole nitrogens is 1. The molecule has 2 aromatic rings. The van der Waals surface area contributed by atoms with Crippen molar-refractivity contribution in [1.82, 2.24) is 9.55 Å². The number of terminal acetylenes is 1. The predicted molar refractivity (Wildman–Crippen MR) is 143 cm³/mol. The zero-order chi connectivity index (χ0) is 30.9. The van der Waals surface area contributed by atoms with Gasteiger partial charge in [-0.15, -0.1) is 6.42 Å². The molecule has 1 aromatic heterocycles. The Bertz CT molecular complexity index is 1610. The summed E-state index contributed by atoms with van der Waals surface area (Å²) >= 11 is 5.01. The highest BCUT2D eigenvalue weighted by Crippen LogP contribution is 2.58. The fourth-order valence-electron chi connectivity index (χ4n) is 4.26. The van der Waals surface area contributed by atoms with Gasteiger partial charge in [0.1, 0.15) is 35.9 Å². The first-order chi connectivity index (χ1) is 18.7. The van der Waals surface area contributed by atoms with Crippen LogP contribution in [0.25, 0.3) is 0 Å². The van der Waals surface area contributed by atoms with E-state index in [4.69, 9.17) is 38.3 Å². The zero-order valence-corrected chi connectivity index (χ0v) is 24.4. The van der Waals surface area contributed by atoms with E-state index in [-0.39, 0.29) is 16.9 Å². The summed E-state index contributed by atoms with van der Waals surface area (Å²) in [5, 5.41) is 21.1. The Hall–Kier alpha value is -2.43. The van der Waals surface area contributed by atoms with Gasteiger partial charge in [-0.05, 0) is 34.7 Å². The van der Waals surface area contributed by atoms with Crippen LogP contribution in [0.3, 0.4) is 0 Å². The molecular weight excluding hydrogens is 569 g/mol. The standard InChI is InChI=1S/C26H31F2N2O8PS/c1-8-13-10-30(23(40)29-21(13)33)22-18(31)20(32)26(28,37-22)12-36-39(34)35-11-14-17(27)15(24(2,3)4)9-16(19(14)38-39)25(5,6)7/h1,9-10,18,20,22,31-32H,11-12H2,2-7H3,(H,29,33,40)/t18-,20+,22-,26-,39?/m1/s1/i22D. The Kier molecular flexibility index (Phi) is 7.37. The molecular formula is C26H31F2N2O8PS. The maximum Gasteiger partial charge on any atom is 0.530 e. The van der Waals surface area contributed by atoms with Crippen molar-refractivity contribution in [3.05, 3.63) is 55.5 Å². The van der Waals surface area contributed by atoms with Gasteiger partial charge in [0.05, 0.1) is 13.5 Å². The number of aliphatic hydroxyl groups excluding tert-OH is 2. The van der Waals surface area contributed by atoms with Crippen LogP contribution >= 0.6 is 20.0 Å². The highest BCUT2D eigenvalue weighted by atomic mass is 32.1. The first-order valence-electron chi connectivity index (χ1n) is 12.7. The summed E-state index contributed by atoms with van der Waals surface area (Å²) in [6.07, 6.45) is -1.38. The monoisotopic (exact) mass is 601 g/mol. The second-order valence-corrected chi connectivity index (χ2v) is 13.6. The van der Waals surface area contributed by atoms with Crippen LogP contribution in [0.2, 0.25) is 0 Å². The molecule has 0 saturated carbocycles. The molecule has 0 bridgehead atoms. The lowest BCUT2D eigenvalue weighted by molar-refractivity contribution is -0.205. The number of aromatic amines is 1. The number of phosphoric acid groups is 1. The van der Waals surface area contributed by atoms with Crippen LogP contribution in [-0.2, 0) is 35.8 Å². The minimum Gasteiger partial charge on any atom is -0.403 e. The van der Waals surface area contributed by atoms with Crippen LogP contribution in [0, 0.1) is 22.9 Å². The summed E-state index contributed by atoms with van der Waals surface area (Å²) in [7, 11) is -4.64. The van der Waals surface area contributed by atoms with Crippen LogP contribution in [0.4, 0.5) is 8.78 Å². The van der Waals surface area contributed by atoms with Gasteiger partial charge in [-0.1, -0.05) is 47.5 Å². The van der Waals surface area contributed by atoms with Gasteiger partial charge in [0.2, 0.25) is 0 Å². The lowest BCUT2D eigenvalue weighted by atomic mass is 9.78. The second-order valence-electron chi connectivity index (χ2n) is 11.6. The lowest BCUT2D eigenvalue weighted by Crippen LogP contribution is -2.43. The first kappa shape index (κ1) is 29.1. The normalized spacial score (nSPS) is 30.8. The van der Waals surface area contributed by atoms with E-state index >= 15 is 8.78 Å². The van der Waals surface area contributed by atoms with E-state index in [1.165, 1.54) is 0 Å². The number of aliphatic hydroxyl groups is 2. The molecule has 0 spiro atoms. The number of hydrogen-bond acceptors (Lipinski definition) is 9. The average Bonchev–Trinajstić information content (AvgIpc) is 3.02. The van der Waals surface area contributed by atoms with Crippen LogP contribution in [0.1, 0.15) is 71.4 Å². The summed E-state index contributed by atoms with van der Waals surface area (Å²) in [4.78, 5) is 14.1. The van der Waals surface area contributed by atoms with Gasteiger partial charge in [-0.2, -0.15) is 0 Å². The molecule has 14 heteroatoms. The number of hydrogen-bond donors (Lipinski definition) is 3. The predicted octanol–water partition coefficient (Wildman–Crippen LogP) is 4.27. The number of rotatable bonds is 4. The quantitative estimate of drug-likeness (QED) is 0.267. The number of nitrogens with one attached hydrogen (secondary N) is 1. The third-order valence-corrected chi connectivity index (χ3v) is 8.11. The fourth-order valence-corrected chi connectivity index (χ4v) is 5.72. The summed E-state index contributed by atoms with van der Waals surface area (Å²) in [6, 6.07) is 1.62. The maximum absolute atomic E-state index is 15.9. The van der Waals surface area contributed by atoms with Crippen LogP contribution in [0.15, 0.2) is 17.1 Å². The van der Waals surface area contributed by atoms with Gasteiger partial charge >= 0.3 is 7.82 Å². The summed E-state index contributed by atoms with van der Waals surface area (Å²) in [6.45, 7) is 9.18. The topological polar surface area (TPSA) is 132 Å². The van der Waals surface area contributed by atoms with Crippen LogP contribution < -0.4 is 10.1 Å². The number of fused-ring (bicyclic) bond motifs is 1. The summed E-state index contributed by atoms with van der Waals surface area (Å²) < 4.78 is 74.8. The first-order valence-corrected chi connectivity index (χ1v) is 14.1. The Morgan fingerprint density at radius 3 is 2.52 bits per heavy atom. The van der Waals surface area contributed by atoms with E-state index in [2.05, 4.69) is 10.9 Å². The van der Waals surface area contributed by atoms with E-state index in [0.717, 1.165) is 6.20 Å². The molecule has 0 radical (unpaired) electrons. The minimum absolute atomic E-state index is 0.0156. The number of phosphoric ester groups is 1. The molecule has 0 aliphatic carbocycles. The second kappa shape index (κ2) is 10.1. The molecule has 1 saturated heterocycles. The maximum atomic E-state index is 15.9. The average molecular weight is 602 g/mol. The SMILES string of the molecule is [2H][C@@]1(n2cc(C#C)c(=O)[nH]c2=S)O[C@](F)(COP2(=O)OCc3c(F)c(C(C)(C)C)cc(C(C)(C)C)c3O2)[C@@H](O)[C@H]1O.